The Morgan fingerprint density at radius 3 is 2.00 bits per heavy atom. The molecule has 0 saturated heterocycles. The number of hydrogen-bond donors (Lipinski definition) is 1. The van der Waals surface area contributed by atoms with E-state index in [0.717, 1.165) is 18.8 Å². The van der Waals surface area contributed by atoms with Crippen molar-refractivity contribution in [1.82, 2.24) is 0 Å². The van der Waals surface area contributed by atoms with Crippen molar-refractivity contribution in [3.63, 3.8) is 0 Å². The molecule has 2 nitrogen and oxygen atoms in total. The van der Waals surface area contributed by atoms with E-state index in [1.807, 2.05) is 0 Å². The third-order valence-corrected chi connectivity index (χ3v) is 2.99. The fraction of sp³-hybridized carbons (Fsp3) is 1.00. The Kier molecular flexibility index (Phi) is 9.73. The number of rotatable bonds is 9. The highest BCUT2D eigenvalue weighted by molar-refractivity contribution is 7.79. The Morgan fingerprint density at radius 1 is 1.00 bits per heavy atom. The SMILES string of the molecule is CC(C)CCCCCCCCS(=O)O. The third-order valence-electron chi connectivity index (χ3n) is 2.35. The molecule has 0 aliphatic rings. The summed E-state index contributed by atoms with van der Waals surface area (Å²) in [6.07, 6.45) is 8.49. The highest BCUT2D eigenvalue weighted by atomic mass is 32.2. The smallest absolute Gasteiger partial charge is 0.152 e. The van der Waals surface area contributed by atoms with E-state index in [-0.39, 0.29) is 0 Å². The molecule has 1 unspecified atom stereocenters. The largest absolute Gasteiger partial charge is 0.306 e. The summed E-state index contributed by atoms with van der Waals surface area (Å²) in [4.78, 5) is 0. The zero-order valence-electron chi connectivity index (χ0n) is 9.50. The van der Waals surface area contributed by atoms with Gasteiger partial charge in [-0.05, 0) is 12.3 Å². The predicted molar refractivity (Wildman–Crippen MR) is 62.8 cm³/mol. The van der Waals surface area contributed by atoms with Gasteiger partial charge in [-0.15, -0.1) is 0 Å². The van der Waals surface area contributed by atoms with Crippen LogP contribution in [0, 0.1) is 5.92 Å². The lowest BCUT2D eigenvalue weighted by Gasteiger charge is -2.03. The average molecular weight is 220 g/mol. The molecule has 1 N–H and O–H groups in total. The monoisotopic (exact) mass is 220 g/mol. The van der Waals surface area contributed by atoms with Crippen LogP contribution in [-0.2, 0) is 11.1 Å². The second kappa shape index (κ2) is 9.66. The van der Waals surface area contributed by atoms with Crippen LogP contribution >= 0.6 is 0 Å². The molecule has 0 saturated carbocycles. The molecule has 1 atom stereocenters. The number of unbranched alkanes of at least 4 members (excludes halogenated alkanes) is 5. The molecular weight excluding hydrogens is 196 g/mol. The van der Waals surface area contributed by atoms with Gasteiger partial charge in [-0.3, -0.25) is 0 Å². The van der Waals surface area contributed by atoms with Gasteiger partial charge in [0.05, 0.1) is 0 Å². The summed E-state index contributed by atoms with van der Waals surface area (Å²) >= 11 is -1.58. The van der Waals surface area contributed by atoms with E-state index >= 15 is 0 Å². The van der Waals surface area contributed by atoms with Gasteiger partial charge in [0.1, 0.15) is 0 Å². The second-order valence-corrected chi connectivity index (χ2v) is 5.38. The van der Waals surface area contributed by atoms with Crippen molar-refractivity contribution >= 4 is 11.1 Å². The molecule has 0 spiro atoms. The molecule has 0 fully saturated rings. The van der Waals surface area contributed by atoms with Gasteiger partial charge < -0.3 is 4.55 Å². The molecule has 0 aromatic carbocycles. The Hall–Kier alpha value is 0.110. The van der Waals surface area contributed by atoms with E-state index in [1.54, 1.807) is 0 Å². The molecule has 86 valence electrons. The van der Waals surface area contributed by atoms with Crippen LogP contribution in [0.1, 0.15) is 58.8 Å². The van der Waals surface area contributed by atoms with Crippen LogP contribution in [0.4, 0.5) is 0 Å². The molecule has 0 radical (unpaired) electrons. The summed E-state index contributed by atoms with van der Waals surface area (Å²) in [6, 6.07) is 0. The van der Waals surface area contributed by atoms with Crippen molar-refractivity contribution in [3.8, 4) is 0 Å². The molecule has 0 aliphatic heterocycles. The van der Waals surface area contributed by atoms with E-state index in [4.69, 9.17) is 4.55 Å². The van der Waals surface area contributed by atoms with Crippen molar-refractivity contribution < 1.29 is 8.76 Å². The maximum atomic E-state index is 10.3. The van der Waals surface area contributed by atoms with Crippen LogP contribution in [0.15, 0.2) is 0 Å². The fourth-order valence-electron chi connectivity index (χ4n) is 1.49. The highest BCUT2D eigenvalue weighted by Crippen LogP contribution is 2.11. The summed E-state index contributed by atoms with van der Waals surface area (Å²) in [7, 11) is 0. The lowest BCUT2D eigenvalue weighted by Crippen LogP contribution is -1.94. The van der Waals surface area contributed by atoms with Crippen molar-refractivity contribution in [3.05, 3.63) is 0 Å². The molecule has 0 heterocycles. The normalized spacial score (nSPS) is 13.4. The van der Waals surface area contributed by atoms with E-state index < -0.39 is 11.1 Å². The first-order valence-corrected chi connectivity index (χ1v) is 6.98. The third kappa shape index (κ3) is 12.1. The Balaban J connectivity index is 2.96. The summed E-state index contributed by atoms with van der Waals surface area (Å²) in [5.74, 6) is 1.28. The highest BCUT2D eigenvalue weighted by Gasteiger charge is 1.96. The Morgan fingerprint density at radius 2 is 1.50 bits per heavy atom. The summed E-state index contributed by atoms with van der Waals surface area (Å²) in [5.41, 5.74) is 0. The zero-order chi connectivity index (χ0) is 10.8. The Bertz CT molecular complexity index is 146. The summed E-state index contributed by atoms with van der Waals surface area (Å²) in [5, 5.41) is 0. The van der Waals surface area contributed by atoms with Gasteiger partial charge in [0.25, 0.3) is 0 Å². The average Bonchev–Trinajstić information content (AvgIpc) is 2.08. The zero-order valence-corrected chi connectivity index (χ0v) is 10.3. The summed E-state index contributed by atoms with van der Waals surface area (Å²) < 4.78 is 18.8. The molecule has 0 rings (SSSR count). The van der Waals surface area contributed by atoms with Crippen molar-refractivity contribution in [2.24, 2.45) is 5.92 Å². The maximum absolute atomic E-state index is 10.3. The quantitative estimate of drug-likeness (QED) is 0.476. The molecule has 3 heteroatoms. The van der Waals surface area contributed by atoms with Gasteiger partial charge in [0.15, 0.2) is 11.1 Å². The van der Waals surface area contributed by atoms with Gasteiger partial charge in [-0.25, -0.2) is 4.21 Å². The predicted octanol–water partition coefficient (Wildman–Crippen LogP) is 3.59. The molecule has 0 aromatic heterocycles. The van der Waals surface area contributed by atoms with Gasteiger partial charge in [-0.2, -0.15) is 0 Å². The molecule has 14 heavy (non-hydrogen) atoms. The van der Waals surface area contributed by atoms with Crippen LogP contribution in [0.2, 0.25) is 0 Å². The molecule has 0 aliphatic carbocycles. The van der Waals surface area contributed by atoms with Crippen molar-refractivity contribution in [1.29, 1.82) is 0 Å². The van der Waals surface area contributed by atoms with E-state index in [9.17, 15) is 4.21 Å². The standard InChI is InChI=1S/C11H24O2S/c1-11(2)9-7-5-3-4-6-8-10-14(12)13/h11H,3-10H2,1-2H3,(H,12,13). The van der Waals surface area contributed by atoms with E-state index in [1.165, 1.54) is 32.1 Å². The lowest BCUT2D eigenvalue weighted by molar-refractivity contribution is 0.512. The maximum Gasteiger partial charge on any atom is 0.152 e. The molecule has 0 bridgehead atoms. The van der Waals surface area contributed by atoms with Crippen molar-refractivity contribution in [2.45, 2.75) is 58.8 Å². The lowest BCUT2D eigenvalue weighted by atomic mass is 10.0. The van der Waals surface area contributed by atoms with Crippen molar-refractivity contribution in [2.75, 3.05) is 5.75 Å². The van der Waals surface area contributed by atoms with Crippen LogP contribution in [-0.4, -0.2) is 14.5 Å². The second-order valence-electron chi connectivity index (χ2n) is 4.33. The first kappa shape index (κ1) is 14.1. The summed E-state index contributed by atoms with van der Waals surface area (Å²) in [6.45, 7) is 4.52. The van der Waals surface area contributed by atoms with E-state index in [2.05, 4.69) is 13.8 Å². The topological polar surface area (TPSA) is 37.3 Å². The van der Waals surface area contributed by atoms with Crippen LogP contribution in [0.5, 0.6) is 0 Å². The van der Waals surface area contributed by atoms with Crippen LogP contribution in [0.3, 0.4) is 0 Å². The van der Waals surface area contributed by atoms with Gasteiger partial charge in [-0.1, -0.05) is 52.4 Å². The van der Waals surface area contributed by atoms with E-state index in [0.29, 0.717) is 5.75 Å². The minimum absolute atomic E-state index is 0.450. The van der Waals surface area contributed by atoms with Crippen LogP contribution in [0.25, 0.3) is 0 Å². The van der Waals surface area contributed by atoms with Gasteiger partial charge in [0, 0.05) is 5.75 Å². The minimum Gasteiger partial charge on any atom is -0.306 e. The van der Waals surface area contributed by atoms with Crippen LogP contribution < -0.4 is 0 Å². The fourth-order valence-corrected chi connectivity index (χ4v) is 1.94. The molecule has 0 aromatic rings. The minimum atomic E-state index is -1.58. The van der Waals surface area contributed by atoms with Gasteiger partial charge in [0.2, 0.25) is 0 Å². The first-order chi connectivity index (χ1) is 6.63. The number of hydrogen-bond acceptors (Lipinski definition) is 1. The molecular formula is C11H24O2S. The first-order valence-electron chi connectivity index (χ1n) is 5.70. The Labute approximate surface area is 90.8 Å². The van der Waals surface area contributed by atoms with Gasteiger partial charge >= 0.3 is 0 Å². The molecule has 0 amide bonds.